The van der Waals surface area contributed by atoms with Gasteiger partial charge in [-0.05, 0) is 26.9 Å². The number of nitrogens with zero attached hydrogens (tertiary/aromatic N) is 2. The number of Topliss-reactive ketones (excluding diaryl/α,β-unsaturated/α-hetero) is 1. The Morgan fingerprint density at radius 3 is 2.33 bits per heavy atom. The fourth-order valence-electron chi connectivity index (χ4n) is 2.10. The predicted octanol–water partition coefficient (Wildman–Crippen LogP) is 1.02. The largest absolute Gasteiger partial charge is 0.397 e. The summed E-state index contributed by atoms with van der Waals surface area (Å²) in [6.45, 7) is 1.56. The van der Waals surface area contributed by atoms with Gasteiger partial charge in [-0.3, -0.25) is 9.59 Å². The van der Waals surface area contributed by atoms with Crippen molar-refractivity contribution in [3.8, 4) is 0 Å². The number of nitrogens with two attached hydrogens (primary N) is 2. The summed E-state index contributed by atoms with van der Waals surface area (Å²) in [5, 5.41) is 0.686. The van der Waals surface area contributed by atoms with Crippen LogP contribution in [0.3, 0.4) is 0 Å². The first-order valence-electron chi connectivity index (χ1n) is 6.95. The number of carbonyl (C=O) groups is 2. The second-order valence-corrected chi connectivity index (χ2v) is 6.75. The molecule has 1 aromatic heterocycles. The average molecular weight is 310 g/mol. The first-order valence-corrected chi connectivity index (χ1v) is 7.76. The van der Waals surface area contributed by atoms with Crippen LogP contribution in [0.5, 0.6) is 0 Å². The lowest BCUT2D eigenvalue weighted by Crippen LogP contribution is -2.29. The molecule has 7 heteroatoms. The van der Waals surface area contributed by atoms with Gasteiger partial charge in [0.2, 0.25) is 0 Å². The summed E-state index contributed by atoms with van der Waals surface area (Å²) in [6, 6.07) is 0. The number of primary amides is 1. The molecule has 1 fully saturated rings. The summed E-state index contributed by atoms with van der Waals surface area (Å²) in [7, 11) is 5.84. The third-order valence-corrected chi connectivity index (χ3v) is 4.91. The van der Waals surface area contributed by atoms with Crippen molar-refractivity contribution in [3.63, 3.8) is 0 Å². The van der Waals surface area contributed by atoms with E-state index < -0.39 is 5.91 Å². The SMILES string of the molecule is CN(C)CCN(C)c1sc(C(=O)C2CC2)c(N)c1C(N)=O. The quantitative estimate of drug-likeness (QED) is 0.734. The van der Waals surface area contributed by atoms with Gasteiger partial charge in [0, 0.05) is 26.1 Å². The van der Waals surface area contributed by atoms with Gasteiger partial charge >= 0.3 is 0 Å². The number of likely N-dealkylation sites (N-methyl/N-ethyl adjacent to an activating group) is 2. The molecule has 1 saturated carbocycles. The molecule has 0 spiro atoms. The van der Waals surface area contributed by atoms with E-state index in [0.29, 0.717) is 9.88 Å². The maximum atomic E-state index is 12.3. The molecule has 1 aliphatic rings. The van der Waals surface area contributed by atoms with E-state index in [9.17, 15) is 9.59 Å². The van der Waals surface area contributed by atoms with Crippen molar-refractivity contribution < 1.29 is 9.59 Å². The highest BCUT2D eigenvalue weighted by atomic mass is 32.1. The molecule has 1 heterocycles. The molecule has 0 atom stereocenters. The molecular weight excluding hydrogens is 288 g/mol. The first kappa shape index (κ1) is 15.8. The van der Waals surface area contributed by atoms with E-state index in [1.54, 1.807) is 0 Å². The van der Waals surface area contributed by atoms with Crippen LogP contribution in [0, 0.1) is 5.92 Å². The standard InChI is InChI=1S/C14H22N4O2S/c1-17(2)6-7-18(3)14-9(13(16)20)10(15)12(21-14)11(19)8-4-5-8/h8H,4-7,15H2,1-3H3,(H2,16,20). The van der Waals surface area contributed by atoms with Gasteiger partial charge in [0.05, 0.1) is 16.1 Å². The lowest BCUT2D eigenvalue weighted by Gasteiger charge is -2.20. The number of hydrogen-bond acceptors (Lipinski definition) is 6. The molecule has 0 radical (unpaired) electrons. The Morgan fingerprint density at radius 1 is 1.24 bits per heavy atom. The van der Waals surface area contributed by atoms with Crippen LogP contribution in [0.15, 0.2) is 0 Å². The molecule has 1 aliphatic carbocycles. The Labute approximate surface area is 128 Å². The Bertz CT molecular complexity index is 564. The van der Waals surface area contributed by atoms with Crippen molar-refractivity contribution in [1.29, 1.82) is 0 Å². The Balaban J connectivity index is 2.32. The summed E-state index contributed by atoms with van der Waals surface area (Å²) < 4.78 is 0. The molecule has 0 aliphatic heterocycles. The van der Waals surface area contributed by atoms with E-state index >= 15 is 0 Å². The van der Waals surface area contributed by atoms with Crippen LogP contribution < -0.4 is 16.4 Å². The molecule has 6 nitrogen and oxygen atoms in total. The third-order valence-electron chi connectivity index (χ3n) is 3.57. The van der Waals surface area contributed by atoms with E-state index in [2.05, 4.69) is 0 Å². The minimum Gasteiger partial charge on any atom is -0.397 e. The Kier molecular flexibility index (Phi) is 4.53. The number of carbonyl (C=O) groups excluding carboxylic acids is 2. The van der Waals surface area contributed by atoms with Crippen molar-refractivity contribution >= 4 is 33.7 Å². The maximum Gasteiger partial charge on any atom is 0.253 e. The van der Waals surface area contributed by atoms with Crippen LogP contribution >= 0.6 is 11.3 Å². The zero-order valence-corrected chi connectivity index (χ0v) is 13.5. The van der Waals surface area contributed by atoms with Gasteiger partial charge in [0.25, 0.3) is 5.91 Å². The minimum atomic E-state index is -0.578. The number of thiophene rings is 1. The molecule has 21 heavy (non-hydrogen) atoms. The average Bonchev–Trinajstić information content (AvgIpc) is 3.18. The van der Waals surface area contributed by atoms with Crippen molar-refractivity contribution in [2.75, 3.05) is 44.9 Å². The molecule has 116 valence electrons. The van der Waals surface area contributed by atoms with Crippen LogP contribution in [0.4, 0.5) is 10.7 Å². The fraction of sp³-hybridized carbons (Fsp3) is 0.571. The van der Waals surface area contributed by atoms with Gasteiger partial charge in [0.1, 0.15) is 5.00 Å². The molecule has 0 saturated heterocycles. The van der Waals surface area contributed by atoms with E-state index in [4.69, 9.17) is 11.5 Å². The number of hydrogen-bond donors (Lipinski definition) is 2. The zero-order valence-electron chi connectivity index (χ0n) is 12.7. The first-order chi connectivity index (χ1) is 9.82. The molecule has 0 aromatic carbocycles. The highest BCUT2D eigenvalue weighted by molar-refractivity contribution is 7.19. The minimum absolute atomic E-state index is 0.0484. The van der Waals surface area contributed by atoms with Gasteiger partial charge in [-0.15, -0.1) is 11.3 Å². The molecule has 1 amide bonds. The summed E-state index contributed by atoms with van der Waals surface area (Å²) in [5.74, 6) is -0.454. The van der Waals surface area contributed by atoms with Crippen molar-refractivity contribution in [2.24, 2.45) is 11.7 Å². The molecule has 1 aromatic rings. The van der Waals surface area contributed by atoms with Gasteiger partial charge in [0.15, 0.2) is 5.78 Å². The number of ketones is 1. The molecule has 0 bridgehead atoms. The lowest BCUT2D eigenvalue weighted by molar-refractivity contribution is 0.0972. The summed E-state index contributed by atoms with van der Waals surface area (Å²) in [6.07, 6.45) is 1.82. The van der Waals surface area contributed by atoms with Crippen LogP contribution in [-0.2, 0) is 0 Å². The van der Waals surface area contributed by atoms with Crippen LogP contribution in [-0.4, -0.2) is 50.8 Å². The second kappa shape index (κ2) is 6.03. The molecule has 0 unspecified atom stereocenters. The predicted molar refractivity (Wildman–Crippen MR) is 86.1 cm³/mol. The highest BCUT2D eigenvalue weighted by Crippen LogP contribution is 2.42. The van der Waals surface area contributed by atoms with Crippen LogP contribution in [0.25, 0.3) is 0 Å². The number of anilines is 2. The number of rotatable bonds is 7. The van der Waals surface area contributed by atoms with Crippen molar-refractivity contribution in [1.82, 2.24) is 4.90 Å². The van der Waals surface area contributed by atoms with Crippen LogP contribution in [0.2, 0.25) is 0 Å². The van der Waals surface area contributed by atoms with Crippen LogP contribution in [0.1, 0.15) is 32.9 Å². The summed E-state index contributed by atoms with van der Waals surface area (Å²) >= 11 is 1.28. The fourth-order valence-corrected chi connectivity index (χ4v) is 3.34. The molecule has 4 N–H and O–H groups in total. The lowest BCUT2D eigenvalue weighted by atomic mass is 10.1. The van der Waals surface area contributed by atoms with Crippen molar-refractivity contribution in [2.45, 2.75) is 12.8 Å². The van der Waals surface area contributed by atoms with Gasteiger partial charge in [-0.1, -0.05) is 0 Å². The molecule has 2 rings (SSSR count). The van der Waals surface area contributed by atoms with E-state index in [1.165, 1.54) is 11.3 Å². The zero-order chi connectivity index (χ0) is 15.7. The van der Waals surface area contributed by atoms with Gasteiger partial charge in [-0.25, -0.2) is 0 Å². The summed E-state index contributed by atoms with van der Waals surface area (Å²) in [5.41, 5.74) is 12.0. The Morgan fingerprint density at radius 2 is 1.86 bits per heavy atom. The van der Waals surface area contributed by atoms with E-state index in [-0.39, 0.29) is 23.0 Å². The smallest absolute Gasteiger partial charge is 0.253 e. The van der Waals surface area contributed by atoms with Gasteiger partial charge < -0.3 is 21.3 Å². The normalized spacial score (nSPS) is 14.5. The van der Waals surface area contributed by atoms with Gasteiger partial charge in [-0.2, -0.15) is 0 Å². The third kappa shape index (κ3) is 3.36. The monoisotopic (exact) mass is 310 g/mol. The molecular formula is C14H22N4O2S. The highest BCUT2D eigenvalue weighted by Gasteiger charge is 2.35. The van der Waals surface area contributed by atoms with Crippen molar-refractivity contribution in [3.05, 3.63) is 10.4 Å². The number of amides is 1. The Hall–Kier alpha value is -1.60. The maximum absolute atomic E-state index is 12.3. The number of nitrogen functional groups attached to an aromatic ring is 1. The van der Waals surface area contributed by atoms with E-state index in [0.717, 1.165) is 25.9 Å². The topological polar surface area (TPSA) is 92.7 Å². The summed E-state index contributed by atoms with van der Waals surface area (Å²) in [4.78, 5) is 28.4. The van der Waals surface area contributed by atoms with E-state index in [1.807, 2.05) is 30.9 Å². The second-order valence-electron chi connectivity index (χ2n) is 5.75.